The lowest BCUT2D eigenvalue weighted by Crippen LogP contribution is -2.30. The zero-order valence-electron chi connectivity index (χ0n) is 11.6. The maximum atomic E-state index is 11.8. The second-order valence-electron chi connectivity index (χ2n) is 5.22. The molecule has 1 fully saturated rings. The fourth-order valence-corrected chi connectivity index (χ4v) is 2.77. The van der Waals surface area contributed by atoms with Gasteiger partial charge in [0.05, 0.1) is 12.7 Å². The molecule has 4 heteroatoms. The van der Waals surface area contributed by atoms with Crippen LogP contribution in [0.25, 0.3) is 0 Å². The lowest BCUT2D eigenvalue weighted by atomic mass is 10.0. The summed E-state index contributed by atoms with van der Waals surface area (Å²) in [5.74, 6) is 0.195. The van der Waals surface area contributed by atoms with E-state index in [0.717, 1.165) is 24.1 Å². The molecular formula is C15H22N2O2. The third kappa shape index (κ3) is 3.07. The molecule has 2 unspecified atom stereocenters. The van der Waals surface area contributed by atoms with E-state index in [1.165, 1.54) is 13.5 Å². The van der Waals surface area contributed by atoms with E-state index in [4.69, 9.17) is 10.5 Å². The molecular weight excluding hydrogens is 240 g/mol. The second-order valence-corrected chi connectivity index (χ2v) is 5.22. The number of anilines is 1. The van der Waals surface area contributed by atoms with Crippen LogP contribution in [0.5, 0.6) is 0 Å². The number of methoxy groups -OCH3 is 1. The van der Waals surface area contributed by atoms with E-state index in [1.54, 1.807) is 0 Å². The molecule has 0 heterocycles. The first-order valence-corrected chi connectivity index (χ1v) is 6.81. The van der Waals surface area contributed by atoms with Crippen LogP contribution in [0.2, 0.25) is 0 Å². The predicted octanol–water partition coefficient (Wildman–Crippen LogP) is 2.32. The van der Waals surface area contributed by atoms with Crippen molar-refractivity contribution in [3.63, 3.8) is 0 Å². The summed E-state index contributed by atoms with van der Waals surface area (Å²) in [6.45, 7) is 2.66. The highest BCUT2D eigenvalue weighted by Crippen LogP contribution is 2.29. The number of ether oxygens (including phenoxy) is 1. The smallest absolute Gasteiger partial charge is 0.339 e. The quantitative estimate of drug-likeness (QED) is 0.817. The van der Waals surface area contributed by atoms with Gasteiger partial charge in [-0.15, -0.1) is 0 Å². The van der Waals surface area contributed by atoms with Gasteiger partial charge < -0.3 is 15.8 Å². The summed E-state index contributed by atoms with van der Waals surface area (Å²) < 4.78 is 4.85. The van der Waals surface area contributed by atoms with E-state index in [0.29, 0.717) is 24.1 Å². The Morgan fingerprint density at radius 1 is 1.47 bits per heavy atom. The van der Waals surface area contributed by atoms with Gasteiger partial charge in [-0.3, -0.25) is 0 Å². The van der Waals surface area contributed by atoms with Crippen molar-refractivity contribution in [2.75, 3.05) is 19.0 Å². The molecule has 0 bridgehead atoms. The van der Waals surface area contributed by atoms with Crippen molar-refractivity contribution < 1.29 is 9.53 Å². The highest BCUT2D eigenvalue weighted by Gasteiger charge is 2.27. The van der Waals surface area contributed by atoms with Gasteiger partial charge in [0.1, 0.15) is 0 Å². The van der Waals surface area contributed by atoms with Gasteiger partial charge in [0.15, 0.2) is 0 Å². The zero-order chi connectivity index (χ0) is 13.8. The Bertz CT molecular complexity index is 459. The monoisotopic (exact) mass is 262 g/mol. The summed E-state index contributed by atoms with van der Waals surface area (Å²) in [5, 5.41) is 3.47. The van der Waals surface area contributed by atoms with Gasteiger partial charge in [-0.05, 0) is 44.4 Å². The Balaban J connectivity index is 2.22. The molecule has 0 spiro atoms. The molecule has 0 aliphatic heterocycles. The maximum Gasteiger partial charge on any atom is 0.339 e. The van der Waals surface area contributed by atoms with Crippen LogP contribution in [0.4, 0.5) is 5.69 Å². The second kappa shape index (κ2) is 6.06. The van der Waals surface area contributed by atoms with Gasteiger partial charge in [-0.2, -0.15) is 0 Å². The number of hydrogen-bond donors (Lipinski definition) is 2. The third-order valence-electron chi connectivity index (χ3n) is 3.88. The summed E-state index contributed by atoms with van der Waals surface area (Å²) >= 11 is 0. The fraction of sp³-hybridized carbons (Fsp3) is 0.533. The Hall–Kier alpha value is -1.55. The standard InChI is InChI=1S/C15H22N2O2/c1-10-6-7-14(12(8-10)15(18)19-2)17-13-5-3-4-11(13)9-16/h6-8,11,13,17H,3-5,9,16H2,1-2H3. The number of aryl methyl sites for hydroxylation is 1. The van der Waals surface area contributed by atoms with Crippen molar-refractivity contribution in [3.8, 4) is 0 Å². The number of esters is 1. The molecule has 1 aromatic rings. The van der Waals surface area contributed by atoms with Gasteiger partial charge in [-0.25, -0.2) is 4.79 Å². The average molecular weight is 262 g/mol. The molecule has 1 aliphatic rings. The van der Waals surface area contributed by atoms with Crippen molar-refractivity contribution in [2.45, 2.75) is 32.2 Å². The first kappa shape index (κ1) is 13.9. The van der Waals surface area contributed by atoms with Crippen LogP contribution in [0.1, 0.15) is 35.2 Å². The largest absolute Gasteiger partial charge is 0.465 e. The molecule has 4 nitrogen and oxygen atoms in total. The summed E-state index contributed by atoms with van der Waals surface area (Å²) in [6.07, 6.45) is 3.46. The van der Waals surface area contributed by atoms with E-state index < -0.39 is 0 Å². The van der Waals surface area contributed by atoms with E-state index in [9.17, 15) is 4.79 Å². The molecule has 0 amide bonds. The molecule has 1 saturated carbocycles. The third-order valence-corrected chi connectivity index (χ3v) is 3.88. The molecule has 0 radical (unpaired) electrons. The van der Waals surface area contributed by atoms with Crippen molar-refractivity contribution in [1.29, 1.82) is 0 Å². The Kier molecular flexibility index (Phi) is 4.43. The van der Waals surface area contributed by atoms with Crippen LogP contribution >= 0.6 is 0 Å². The molecule has 0 aromatic heterocycles. The lowest BCUT2D eigenvalue weighted by molar-refractivity contribution is 0.0601. The molecule has 19 heavy (non-hydrogen) atoms. The minimum absolute atomic E-state index is 0.298. The SMILES string of the molecule is COC(=O)c1cc(C)ccc1NC1CCCC1CN. The molecule has 2 rings (SSSR count). The number of carbonyl (C=O) groups excluding carboxylic acids is 1. The fourth-order valence-electron chi connectivity index (χ4n) is 2.77. The summed E-state index contributed by atoms with van der Waals surface area (Å²) in [6, 6.07) is 6.17. The van der Waals surface area contributed by atoms with Crippen molar-refractivity contribution in [3.05, 3.63) is 29.3 Å². The molecule has 104 valence electrons. The van der Waals surface area contributed by atoms with E-state index in [1.807, 2.05) is 25.1 Å². The highest BCUT2D eigenvalue weighted by molar-refractivity contribution is 5.95. The Morgan fingerprint density at radius 2 is 2.26 bits per heavy atom. The molecule has 0 saturated heterocycles. The molecule has 1 aliphatic carbocycles. The first-order chi connectivity index (χ1) is 9.15. The van der Waals surface area contributed by atoms with Crippen LogP contribution in [-0.4, -0.2) is 25.7 Å². The summed E-state index contributed by atoms with van der Waals surface area (Å²) in [4.78, 5) is 11.8. The van der Waals surface area contributed by atoms with Crippen LogP contribution in [0.15, 0.2) is 18.2 Å². The summed E-state index contributed by atoms with van der Waals surface area (Å²) in [7, 11) is 1.41. The van der Waals surface area contributed by atoms with Crippen LogP contribution < -0.4 is 11.1 Å². The van der Waals surface area contributed by atoms with Crippen molar-refractivity contribution >= 4 is 11.7 Å². The minimum Gasteiger partial charge on any atom is -0.465 e. The number of nitrogens with one attached hydrogen (secondary N) is 1. The number of benzene rings is 1. The number of nitrogens with two attached hydrogens (primary N) is 1. The van der Waals surface area contributed by atoms with Crippen molar-refractivity contribution in [1.82, 2.24) is 0 Å². The zero-order valence-corrected chi connectivity index (χ0v) is 11.6. The van der Waals surface area contributed by atoms with Crippen LogP contribution in [0, 0.1) is 12.8 Å². The minimum atomic E-state index is -0.298. The first-order valence-electron chi connectivity index (χ1n) is 6.81. The van der Waals surface area contributed by atoms with Gasteiger partial charge in [0, 0.05) is 11.7 Å². The van der Waals surface area contributed by atoms with Crippen molar-refractivity contribution in [2.24, 2.45) is 11.7 Å². The van der Waals surface area contributed by atoms with Gasteiger partial charge in [-0.1, -0.05) is 18.1 Å². The maximum absolute atomic E-state index is 11.8. The number of carbonyl (C=O) groups is 1. The molecule has 1 aromatic carbocycles. The number of hydrogen-bond acceptors (Lipinski definition) is 4. The Morgan fingerprint density at radius 3 is 2.95 bits per heavy atom. The van der Waals surface area contributed by atoms with E-state index in [2.05, 4.69) is 5.32 Å². The topological polar surface area (TPSA) is 64.3 Å². The molecule has 2 atom stereocenters. The number of rotatable bonds is 4. The van der Waals surface area contributed by atoms with E-state index >= 15 is 0 Å². The Labute approximate surface area is 114 Å². The van der Waals surface area contributed by atoms with Gasteiger partial charge in [0.2, 0.25) is 0 Å². The molecule has 3 N–H and O–H groups in total. The van der Waals surface area contributed by atoms with Crippen LogP contribution in [-0.2, 0) is 4.74 Å². The van der Waals surface area contributed by atoms with Crippen LogP contribution in [0.3, 0.4) is 0 Å². The average Bonchev–Trinajstić information content (AvgIpc) is 2.87. The lowest BCUT2D eigenvalue weighted by Gasteiger charge is -2.22. The van der Waals surface area contributed by atoms with E-state index in [-0.39, 0.29) is 5.97 Å². The summed E-state index contributed by atoms with van der Waals surface area (Å²) in [5.41, 5.74) is 8.30. The van der Waals surface area contributed by atoms with Gasteiger partial charge in [0.25, 0.3) is 0 Å². The highest BCUT2D eigenvalue weighted by atomic mass is 16.5. The predicted molar refractivity (Wildman–Crippen MR) is 76.3 cm³/mol. The normalized spacial score (nSPS) is 22.3. The van der Waals surface area contributed by atoms with Gasteiger partial charge >= 0.3 is 5.97 Å².